The van der Waals surface area contributed by atoms with Gasteiger partial charge in [0.2, 0.25) is 0 Å². The van der Waals surface area contributed by atoms with Gasteiger partial charge in [0.25, 0.3) is 5.91 Å². The molecule has 0 bridgehead atoms. The molecule has 2 aromatic carbocycles. The molecular formula is C14H9Cl4N3O2. The first kappa shape index (κ1) is 17.7. The van der Waals surface area contributed by atoms with Crippen LogP contribution >= 0.6 is 46.4 Å². The molecule has 3 amide bonds. The SMILES string of the molecule is O=C(NNC(=O)c1ccc(Cl)cc1Cl)Nc1ccc(Cl)c(Cl)c1. The van der Waals surface area contributed by atoms with Crippen LogP contribution in [0.25, 0.3) is 0 Å². The van der Waals surface area contributed by atoms with Gasteiger partial charge in [-0.2, -0.15) is 0 Å². The number of urea groups is 1. The number of anilines is 1. The number of rotatable bonds is 2. The second-order valence-electron chi connectivity index (χ2n) is 4.29. The standard InChI is InChI=1S/C14H9Cl4N3O2/c15-7-1-3-9(11(17)5-7)13(22)20-21-14(23)19-8-2-4-10(16)12(18)6-8/h1-6H,(H,20,22)(H2,19,21,23). The van der Waals surface area contributed by atoms with Crippen molar-refractivity contribution >= 4 is 64.0 Å². The van der Waals surface area contributed by atoms with Crippen molar-refractivity contribution in [1.82, 2.24) is 10.9 Å². The fraction of sp³-hybridized carbons (Fsp3) is 0. The predicted octanol–water partition coefficient (Wildman–Crippen LogP) is 4.77. The van der Waals surface area contributed by atoms with Crippen LogP contribution in [0.5, 0.6) is 0 Å². The zero-order valence-corrected chi connectivity index (χ0v) is 14.3. The number of nitrogens with one attached hydrogen (secondary N) is 3. The van der Waals surface area contributed by atoms with E-state index >= 15 is 0 Å². The normalized spacial score (nSPS) is 10.1. The van der Waals surface area contributed by atoms with E-state index in [9.17, 15) is 9.59 Å². The molecule has 0 aliphatic carbocycles. The Morgan fingerprint density at radius 1 is 0.783 bits per heavy atom. The van der Waals surface area contributed by atoms with Crippen molar-refractivity contribution in [3.05, 3.63) is 62.1 Å². The van der Waals surface area contributed by atoms with Gasteiger partial charge in [-0.25, -0.2) is 10.2 Å². The fourth-order valence-corrected chi connectivity index (χ4v) is 2.38. The molecular weight excluding hydrogens is 384 g/mol. The molecule has 0 radical (unpaired) electrons. The summed E-state index contributed by atoms with van der Waals surface area (Å²) < 4.78 is 0. The Bertz CT molecular complexity index is 768. The van der Waals surface area contributed by atoms with Crippen molar-refractivity contribution in [2.75, 3.05) is 5.32 Å². The van der Waals surface area contributed by atoms with Gasteiger partial charge in [0, 0.05) is 10.7 Å². The van der Waals surface area contributed by atoms with Gasteiger partial charge in [0.05, 0.1) is 20.6 Å². The van der Waals surface area contributed by atoms with E-state index in [1.165, 1.54) is 30.3 Å². The Morgan fingerprint density at radius 2 is 1.52 bits per heavy atom. The van der Waals surface area contributed by atoms with Gasteiger partial charge in [-0.1, -0.05) is 46.4 Å². The lowest BCUT2D eigenvalue weighted by Gasteiger charge is -2.10. The molecule has 0 fully saturated rings. The molecule has 9 heteroatoms. The Kier molecular flexibility index (Phi) is 5.96. The molecule has 3 N–H and O–H groups in total. The highest BCUT2D eigenvalue weighted by Crippen LogP contribution is 2.25. The number of hydrogen-bond acceptors (Lipinski definition) is 2. The highest BCUT2D eigenvalue weighted by atomic mass is 35.5. The molecule has 2 rings (SSSR count). The van der Waals surface area contributed by atoms with E-state index < -0.39 is 11.9 Å². The van der Waals surface area contributed by atoms with Crippen LogP contribution in [0.15, 0.2) is 36.4 Å². The van der Waals surface area contributed by atoms with Crippen molar-refractivity contribution in [1.29, 1.82) is 0 Å². The maximum Gasteiger partial charge on any atom is 0.337 e. The highest BCUT2D eigenvalue weighted by molar-refractivity contribution is 6.42. The fourth-order valence-electron chi connectivity index (χ4n) is 1.59. The van der Waals surface area contributed by atoms with E-state index in [0.717, 1.165) is 0 Å². The predicted molar refractivity (Wildman–Crippen MR) is 92.5 cm³/mol. The Hall–Kier alpha value is -1.66. The maximum atomic E-state index is 11.9. The van der Waals surface area contributed by atoms with Crippen molar-refractivity contribution in [3.63, 3.8) is 0 Å². The number of carbonyl (C=O) groups is 2. The molecule has 0 aliphatic rings. The van der Waals surface area contributed by atoms with Crippen LogP contribution in [-0.4, -0.2) is 11.9 Å². The third-order valence-electron chi connectivity index (χ3n) is 2.64. The van der Waals surface area contributed by atoms with E-state index in [2.05, 4.69) is 16.2 Å². The molecule has 0 aliphatic heterocycles. The van der Waals surface area contributed by atoms with Gasteiger partial charge in [-0.3, -0.25) is 10.2 Å². The molecule has 0 saturated heterocycles. The van der Waals surface area contributed by atoms with Crippen LogP contribution in [0.1, 0.15) is 10.4 Å². The monoisotopic (exact) mass is 391 g/mol. The van der Waals surface area contributed by atoms with Crippen molar-refractivity contribution < 1.29 is 9.59 Å². The van der Waals surface area contributed by atoms with E-state index in [0.29, 0.717) is 20.8 Å². The molecule has 0 saturated carbocycles. The van der Waals surface area contributed by atoms with Crippen molar-refractivity contribution in [2.45, 2.75) is 0 Å². The quantitative estimate of drug-likeness (QED) is 0.644. The molecule has 5 nitrogen and oxygen atoms in total. The maximum absolute atomic E-state index is 11.9. The summed E-state index contributed by atoms with van der Waals surface area (Å²) in [6, 6.07) is 8.28. The van der Waals surface area contributed by atoms with Crippen LogP contribution in [0.4, 0.5) is 10.5 Å². The van der Waals surface area contributed by atoms with E-state index in [1.807, 2.05) is 0 Å². The van der Waals surface area contributed by atoms with Gasteiger partial charge >= 0.3 is 6.03 Å². The summed E-state index contributed by atoms with van der Waals surface area (Å²) in [5.41, 5.74) is 4.99. The summed E-state index contributed by atoms with van der Waals surface area (Å²) in [4.78, 5) is 23.6. The molecule has 0 spiro atoms. The summed E-state index contributed by atoms with van der Waals surface area (Å²) >= 11 is 23.3. The number of carbonyl (C=O) groups excluding carboxylic acids is 2. The second-order valence-corrected chi connectivity index (χ2v) is 5.94. The van der Waals surface area contributed by atoms with E-state index in [-0.39, 0.29) is 10.6 Å². The third-order valence-corrected chi connectivity index (χ3v) is 3.93. The Morgan fingerprint density at radius 3 is 2.17 bits per heavy atom. The Labute approximate surface area is 151 Å². The molecule has 0 atom stereocenters. The summed E-state index contributed by atoms with van der Waals surface area (Å²) in [6.45, 7) is 0. The number of hydrazine groups is 1. The number of amides is 3. The second kappa shape index (κ2) is 7.75. The van der Waals surface area contributed by atoms with Crippen molar-refractivity contribution in [2.24, 2.45) is 0 Å². The largest absolute Gasteiger partial charge is 0.337 e. The Balaban J connectivity index is 1.93. The molecule has 2 aromatic rings. The third kappa shape index (κ3) is 4.91. The lowest BCUT2D eigenvalue weighted by atomic mass is 10.2. The van der Waals surface area contributed by atoms with Gasteiger partial charge < -0.3 is 5.32 Å². The number of hydrogen-bond donors (Lipinski definition) is 3. The van der Waals surface area contributed by atoms with Gasteiger partial charge in [-0.05, 0) is 36.4 Å². The van der Waals surface area contributed by atoms with Gasteiger partial charge in [0.15, 0.2) is 0 Å². The lowest BCUT2D eigenvalue weighted by molar-refractivity contribution is 0.0938. The molecule has 0 aromatic heterocycles. The summed E-state index contributed by atoms with van der Waals surface area (Å²) in [5.74, 6) is -0.587. The van der Waals surface area contributed by atoms with Crippen molar-refractivity contribution in [3.8, 4) is 0 Å². The van der Waals surface area contributed by atoms with E-state index in [1.54, 1.807) is 6.07 Å². The first-order chi connectivity index (χ1) is 10.9. The minimum atomic E-state index is -0.665. The molecule has 0 heterocycles. The van der Waals surface area contributed by atoms with Gasteiger partial charge in [0.1, 0.15) is 0 Å². The van der Waals surface area contributed by atoms with Gasteiger partial charge in [-0.15, -0.1) is 0 Å². The summed E-state index contributed by atoms with van der Waals surface area (Å²) in [6.07, 6.45) is 0. The highest BCUT2D eigenvalue weighted by Gasteiger charge is 2.12. The number of benzene rings is 2. The lowest BCUT2D eigenvalue weighted by Crippen LogP contribution is -2.44. The number of halogens is 4. The summed E-state index contributed by atoms with van der Waals surface area (Å²) in [7, 11) is 0. The first-order valence-electron chi connectivity index (χ1n) is 6.14. The first-order valence-corrected chi connectivity index (χ1v) is 7.65. The van der Waals surface area contributed by atoms with Crippen LogP contribution < -0.4 is 16.2 Å². The topological polar surface area (TPSA) is 70.2 Å². The zero-order valence-electron chi connectivity index (χ0n) is 11.3. The minimum absolute atomic E-state index is 0.168. The average molecular weight is 393 g/mol. The van der Waals surface area contributed by atoms with Crippen LogP contribution in [-0.2, 0) is 0 Å². The smallest absolute Gasteiger partial charge is 0.307 e. The minimum Gasteiger partial charge on any atom is -0.307 e. The van der Waals surface area contributed by atoms with E-state index in [4.69, 9.17) is 46.4 Å². The van der Waals surface area contributed by atoms with Crippen LogP contribution in [0.2, 0.25) is 20.1 Å². The van der Waals surface area contributed by atoms with Crippen LogP contribution in [0, 0.1) is 0 Å². The molecule has 23 heavy (non-hydrogen) atoms. The molecule has 120 valence electrons. The summed E-state index contributed by atoms with van der Waals surface area (Å²) in [5, 5.41) is 3.70. The van der Waals surface area contributed by atoms with Crippen LogP contribution in [0.3, 0.4) is 0 Å². The molecule has 0 unspecified atom stereocenters. The zero-order chi connectivity index (χ0) is 17.0. The average Bonchev–Trinajstić information content (AvgIpc) is 2.48.